The number of hydrogen-bond donors (Lipinski definition) is 0. The lowest BCUT2D eigenvalue weighted by Gasteiger charge is -2.09. The highest BCUT2D eigenvalue weighted by molar-refractivity contribution is 6.31. The fourth-order valence-corrected chi connectivity index (χ4v) is 1.77. The first-order chi connectivity index (χ1) is 6.50. The molecule has 1 rings (SSSR count). The van der Waals surface area contributed by atoms with Crippen molar-refractivity contribution in [1.29, 1.82) is 0 Å². The van der Waals surface area contributed by atoms with Gasteiger partial charge < -0.3 is 0 Å². The first kappa shape index (κ1) is 11.3. The average molecular weight is 211 g/mol. The highest BCUT2D eigenvalue weighted by atomic mass is 35.5. The molecule has 0 aliphatic heterocycles. The van der Waals surface area contributed by atoms with E-state index in [0.717, 1.165) is 16.1 Å². The number of ketones is 1. The van der Waals surface area contributed by atoms with E-state index in [1.54, 1.807) is 6.92 Å². The van der Waals surface area contributed by atoms with E-state index < -0.39 is 0 Å². The van der Waals surface area contributed by atoms with Crippen LogP contribution in [-0.2, 0) is 11.2 Å². The van der Waals surface area contributed by atoms with Crippen molar-refractivity contribution < 1.29 is 4.79 Å². The molecule has 1 aromatic carbocycles. The number of halogens is 1. The number of hydrogen-bond acceptors (Lipinski definition) is 1. The minimum Gasteiger partial charge on any atom is -0.300 e. The highest BCUT2D eigenvalue weighted by Crippen LogP contribution is 2.25. The van der Waals surface area contributed by atoms with Crippen molar-refractivity contribution in [1.82, 2.24) is 0 Å². The Morgan fingerprint density at radius 1 is 1.43 bits per heavy atom. The van der Waals surface area contributed by atoms with Gasteiger partial charge in [-0.3, -0.25) is 4.79 Å². The highest BCUT2D eigenvalue weighted by Gasteiger charge is 2.06. The molecule has 0 amide bonds. The van der Waals surface area contributed by atoms with Gasteiger partial charge in [0.2, 0.25) is 0 Å². The Bertz CT molecular complexity index is 342. The molecule has 0 heterocycles. The van der Waals surface area contributed by atoms with Crippen LogP contribution < -0.4 is 0 Å². The quantitative estimate of drug-likeness (QED) is 0.745. The standard InChI is InChI=1S/C12H15ClO/c1-8(2)11-7-10(6-9(3)14)4-5-12(11)13/h4-5,7-8H,6H2,1-3H3. The molecule has 14 heavy (non-hydrogen) atoms. The van der Waals surface area contributed by atoms with E-state index >= 15 is 0 Å². The van der Waals surface area contributed by atoms with Gasteiger partial charge in [-0.1, -0.05) is 37.6 Å². The predicted molar refractivity (Wildman–Crippen MR) is 59.9 cm³/mol. The summed E-state index contributed by atoms with van der Waals surface area (Å²) in [6.45, 7) is 5.79. The normalized spacial score (nSPS) is 10.6. The molecule has 0 unspecified atom stereocenters. The van der Waals surface area contributed by atoms with Crippen molar-refractivity contribution in [3.8, 4) is 0 Å². The lowest BCUT2D eigenvalue weighted by atomic mass is 9.99. The van der Waals surface area contributed by atoms with Crippen molar-refractivity contribution in [3.63, 3.8) is 0 Å². The molecule has 1 aromatic rings. The number of carbonyl (C=O) groups is 1. The van der Waals surface area contributed by atoms with Gasteiger partial charge in [-0.15, -0.1) is 0 Å². The number of carbonyl (C=O) groups excluding carboxylic acids is 1. The van der Waals surface area contributed by atoms with Crippen molar-refractivity contribution in [3.05, 3.63) is 34.3 Å². The summed E-state index contributed by atoms with van der Waals surface area (Å²) in [5, 5.41) is 0.785. The third-order valence-corrected chi connectivity index (χ3v) is 2.48. The van der Waals surface area contributed by atoms with Gasteiger partial charge in [0, 0.05) is 11.4 Å². The Labute approximate surface area is 90.1 Å². The molecule has 0 bridgehead atoms. The van der Waals surface area contributed by atoms with Crippen LogP contribution in [0.1, 0.15) is 37.8 Å². The Morgan fingerprint density at radius 3 is 2.57 bits per heavy atom. The maximum Gasteiger partial charge on any atom is 0.134 e. The van der Waals surface area contributed by atoms with E-state index in [-0.39, 0.29) is 5.78 Å². The number of rotatable bonds is 3. The molecule has 0 atom stereocenters. The zero-order valence-corrected chi connectivity index (χ0v) is 9.56. The van der Waals surface area contributed by atoms with Crippen LogP contribution >= 0.6 is 11.6 Å². The molecular formula is C12H15ClO. The Morgan fingerprint density at radius 2 is 2.07 bits per heavy atom. The van der Waals surface area contributed by atoms with Crippen LogP contribution in [0, 0.1) is 0 Å². The Balaban J connectivity index is 3.00. The van der Waals surface area contributed by atoms with Crippen molar-refractivity contribution >= 4 is 17.4 Å². The summed E-state index contributed by atoms with van der Waals surface area (Å²) in [5.74, 6) is 0.580. The number of benzene rings is 1. The molecule has 2 heteroatoms. The second-order valence-corrected chi connectivity index (χ2v) is 4.30. The molecule has 0 saturated carbocycles. The molecule has 0 aliphatic carbocycles. The maximum atomic E-state index is 10.9. The molecule has 0 aromatic heterocycles. The summed E-state index contributed by atoms with van der Waals surface area (Å²) >= 11 is 6.04. The van der Waals surface area contributed by atoms with Gasteiger partial charge in [0.15, 0.2) is 0 Å². The monoisotopic (exact) mass is 210 g/mol. The summed E-state index contributed by atoms with van der Waals surface area (Å²) in [4.78, 5) is 10.9. The summed E-state index contributed by atoms with van der Waals surface area (Å²) in [6, 6.07) is 5.80. The van der Waals surface area contributed by atoms with E-state index in [0.29, 0.717) is 12.3 Å². The molecule has 0 saturated heterocycles. The van der Waals surface area contributed by atoms with Crippen molar-refractivity contribution in [2.75, 3.05) is 0 Å². The molecule has 0 radical (unpaired) electrons. The summed E-state index contributed by atoms with van der Waals surface area (Å²) in [5.41, 5.74) is 2.16. The summed E-state index contributed by atoms with van der Waals surface area (Å²) in [6.07, 6.45) is 0.497. The lowest BCUT2D eigenvalue weighted by Crippen LogP contribution is -1.98. The average Bonchev–Trinajstić information content (AvgIpc) is 2.07. The molecule has 1 nitrogen and oxygen atoms in total. The van der Waals surface area contributed by atoms with Gasteiger partial charge in [-0.05, 0) is 30.0 Å². The second-order valence-electron chi connectivity index (χ2n) is 3.89. The van der Waals surface area contributed by atoms with Gasteiger partial charge >= 0.3 is 0 Å². The first-order valence-corrected chi connectivity index (χ1v) is 5.16. The minimum atomic E-state index is 0.182. The third-order valence-electron chi connectivity index (χ3n) is 2.14. The Kier molecular flexibility index (Phi) is 3.70. The number of Topliss-reactive ketones (excluding diaryl/α,β-unsaturated/α-hetero) is 1. The SMILES string of the molecule is CC(=O)Cc1ccc(Cl)c(C(C)C)c1. The van der Waals surface area contributed by atoms with Gasteiger partial charge in [0.05, 0.1) is 0 Å². The van der Waals surface area contributed by atoms with E-state index in [2.05, 4.69) is 13.8 Å². The summed E-state index contributed by atoms with van der Waals surface area (Å²) < 4.78 is 0. The van der Waals surface area contributed by atoms with Gasteiger partial charge in [-0.25, -0.2) is 0 Å². The van der Waals surface area contributed by atoms with Crippen molar-refractivity contribution in [2.24, 2.45) is 0 Å². The van der Waals surface area contributed by atoms with Crippen LogP contribution in [0.15, 0.2) is 18.2 Å². The minimum absolute atomic E-state index is 0.182. The van der Waals surface area contributed by atoms with Gasteiger partial charge in [0.25, 0.3) is 0 Å². The van der Waals surface area contributed by atoms with Crippen LogP contribution in [0.25, 0.3) is 0 Å². The van der Waals surface area contributed by atoms with Gasteiger partial charge in [-0.2, -0.15) is 0 Å². The fourth-order valence-electron chi connectivity index (χ4n) is 1.43. The lowest BCUT2D eigenvalue weighted by molar-refractivity contribution is -0.116. The topological polar surface area (TPSA) is 17.1 Å². The predicted octanol–water partition coefficient (Wildman–Crippen LogP) is 3.59. The molecule has 76 valence electrons. The smallest absolute Gasteiger partial charge is 0.134 e. The fraction of sp³-hybridized carbons (Fsp3) is 0.417. The van der Waals surface area contributed by atoms with E-state index in [4.69, 9.17) is 11.6 Å². The van der Waals surface area contributed by atoms with E-state index in [1.165, 1.54) is 0 Å². The van der Waals surface area contributed by atoms with Crippen LogP contribution in [0.3, 0.4) is 0 Å². The van der Waals surface area contributed by atoms with Gasteiger partial charge in [0.1, 0.15) is 5.78 Å². The molecular weight excluding hydrogens is 196 g/mol. The maximum absolute atomic E-state index is 10.9. The zero-order chi connectivity index (χ0) is 10.7. The first-order valence-electron chi connectivity index (χ1n) is 4.78. The van der Waals surface area contributed by atoms with E-state index in [1.807, 2.05) is 18.2 Å². The molecule has 0 fully saturated rings. The molecule has 0 aliphatic rings. The molecule has 0 N–H and O–H groups in total. The van der Waals surface area contributed by atoms with Crippen LogP contribution in [-0.4, -0.2) is 5.78 Å². The Hall–Kier alpha value is -0.820. The third kappa shape index (κ3) is 2.85. The largest absolute Gasteiger partial charge is 0.300 e. The second kappa shape index (κ2) is 4.61. The van der Waals surface area contributed by atoms with Crippen molar-refractivity contribution in [2.45, 2.75) is 33.1 Å². The summed E-state index contributed by atoms with van der Waals surface area (Å²) in [7, 11) is 0. The van der Waals surface area contributed by atoms with Crippen LogP contribution in [0.5, 0.6) is 0 Å². The van der Waals surface area contributed by atoms with E-state index in [9.17, 15) is 4.79 Å². The molecule has 0 spiro atoms. The zero-order valence-electron chi connectivity index (χ0n) is 8.80. The van der Waals surface area contributed by atoms with Crippen LogP contribution in [0.4, 0.5) is 0 Å². The van der Waals surface area contributed by atoms with Crippen LogP contribution in [0.2, 0.25) is 5.02 Å².